The van der Waals surface area contributed by atoms with Crippen LogP contribution in [0.4, 0.5) is 17.1 Å². The van der Waals surface area contributed by atoms with Crippen LogP contribution in [-0.2, 0) is 0 Å². The molecule has 286 valence electrons. The molecule has 0 saturated heterocycles. The lowest BCUT2D eigenvalue weighted by Crippen LogP contribution is -2.10. The van der Waals surface area contributed by atoms with E-state index in [0.717, 1.165) is 61.3 Å². The number of rotatable bonds is 7. The van der Waals surface area contributed by atoms with E-state index in [1.807, 2.05) is 23.5 Å². The van der Waals surface area contributed by atoms with Crippen LogP contribution in [0, 0.1) is 0 Å². The van der Waals surface area contributed by atoms with Gasteiger partial charge in [-0.1, -0.05) is 164 Å². The molecule has 2 nitrogen and oxygen atoms in total. The molecule has 0 aliphatic carbocycles. The summed E-state index contributed by atoms with van der Waals surface area (Å²) in [6.07, 6.45) is 0. The number of benzene rings is 10. The summed E-state index contributed by atoms with van der Waals surface area (Å²) in [5.41, 5.74) is 14.3. The van der Waals surface area contributed by atoms with Crippen LogP contribution in [0.25, 0.3) is 97.4 Å². The van der Waals surface area contributed by atoms with Crippen LogP contribution in [-0.4, -0.2) is 0 Å². The SMILES string of the molecule is c1cc(-c2cccc(N(c3cccc(-c4ccc5ccccc5c4)c3)c3cccc(-c4cccc5c4oc4ccccc45)c3)c2)cc(-c2cccc3c2sc2ccccc23)c1. The third kappa shape index (κ3) is 6.18. The highest BCUT2D eigenvalue weighted by Crippen LogP contribution is 2.44. The molecule has 10 aromatic carbocycles. The topological polar surface area (TPSA) is 16.4 Å². The molecule has 0 N–H and O–H groups in total. The lowest BCUT2D eigenvalue weighted by molar-refractivity contribution is 0.670. The summed E-state index contributed by atoms with van der Waals surface area (Å²) in [7, 11) is 0. The molecule has 3 heteroatoms. The zero-order chi connectivity index (χ0) is 40.3. The maximum absolute atomic E-state index is 6.54. The molecule has 0 saturated carbocycles. The van der Waals surface area contributed by atoms with E-state index in [9.17, 15) is 0 Å². The highest BCUT2D eigenvalue weighted by molar-refractivity contribution is 7.26. The van der Waals surface area contributed by atoms with Gasteiger partial charge in [-0.05, 0) is 110 Å². The largest absolute Gasteiger partial charge is 0.455 e. The Labute approximate surface area is 357 Å². The number of nitrogens with zero attached hydrogens (tertiary/aromatic N) is 1. The standard InChI is InChI=1S/C58H37NOS/c1-2-14-39-33-43(32-31-38(39)13-1)42-17-9-21-47(36-42)59(48-22-10-19-45(37-48)49-25-11-27-53-51-23-3-5-29-55(51)60-57(49)53)46-20-8-16-41(35-46)40-15-7-18-44(34-40)50-26-12-28-54-52-24-4-6-30-56(52)61-58(50)54/h1-37H. The van der Waals surface area contributed by atoms with Crippen LogP contribution in [0.1, 0.15) is 0 Å². The highest BCUT2D eigenvalue weighted by Gasteiger charge is 2.18. The number of fused-ring (bicyclic) bond motifs is 7. The lowest BCUT2D eigenvalue weighted by Gasteiger charge is -2.27. The Morgan fingerprint density at radius 2 is 0.852 bits per heavy atom. The second-order valence-corrected chi connectivity index (χ2v) is 16.7. The quantitative estimate of drug-likeness (QED) is 0.160. The zero-order valence-electron chi connectivity index (χ0n) is 33.1. The number of para-hydroxylation sites is 2. The highest BCUT2D eigenvalue weighted by atomic mass is 32.1. The Morgan fingerprint density at radius 1 is 0.328 bits per heavy atom. The minimum atomic E-state index is 0.898. The Hall–Kier alpha value is -7.72. The lowest BCUT2D eigenvalue weighted by atomic mass is 9.97. The number of hydrogen-bond donors (Lipinski definition) is 0. The zero-order valence-corrected chi connectivity index (χ0v) is 33.9. The summed E-state index contributed by atoms with van der Waals surface area (Å²) in [5.74, 6) is 0. The summed E-state index contributed by atoms with van der Waals surface area (Å²) in [5, 5.41) is 7.35. The van der Waals surface area contributed by atoms with E-state index < -0.39 is 0 Å². The maximum Gasteiger partial charge on any atom is 0.143 e. The summed E-state index contributed by atoms with van der Waals surface area (Å²) in [6.45, 7) is 0. The van der Waals surface area contributed by atoms with Crippen molar-refractivity contribution in [3.05, 3.63) is 224 Å². The van der Waals surface area contributed by atoms with Crippen molar-refractivity contribution in [1.82, 2.24) is 0 Å². The molecule has 0 aliphatic rings. The van der Waals surface area contributed by atoms with Crippen molar-refractivity contribution in [3.63, 3.8) is 0 Å². The van der Waals surface area contributed by atoms with E-state index in [-0.39, 0.29) is 0 Å². The fourth-order valence-electron chi connectivity index (χ4n) is 9.09. The third-order valence-electron chi connectivity index (χ3n) is 12.0. The van der Waals surface area contributed by atoms with Crippen molar-refractivity contribution in [1.29, 1.82) is 0 Å². The molecule has 0 amide bonds. The van der Waals surface area contributed by atoms with E-state index in [1.165, 1.54) is 53.2 Å². The van der Waals surface area contributed by atoms with Crippen molar-refractivity contribution < 1.29 is 4.42 Å². The van der Waals surface area contributed by atoms with Gasteiger partial charge in [0.15, 0.2) is 0 Å². The molecular formula is C58H37NOS. The molecule has 0 fully saturated rings. The first-order valence-corrected chi connectivity index (χ1v) is 21.5. The predicted octanol–water partition coefficient (Wildman–Crippen LogP) is 17.2. The van der Waals surface area contributed by atoms with Crippen LogP contribution >= 0.6 is 11.3 Å². The van der Waals surface area contributed by atoms with Crippen molar-refractivity contribution in [2.24, 2.45) is 0 Å². The fraction of sp³-hybridized carbons (Fsp3) is 0. The van der Waals surface area contributed by atoms with E-state index in [1.54, 1.807) is 0 Å². The minimum Gasteiger partial charge on any atom is -0.455 e. The van der Waals surface area contributed by atoms with Crippen LogP contribution in [0.15, 0.2) is 229 Å². The minimum absolute atomic E-state index is 0.898. The van der Waals surface area contributed by atoms with Gasteiger partial charge in [0.2, 0.25) is 0 Å². The first kappa shape index (κ1) is 35.2. The average molecular weight is 796 g/mol. The van der Waals surface area contributed by atoms with Gasteiger partial charge in [-0.15, -0.1) is 11.3 Å². The van der Waals surface area contributed by atoms with Crippen LogP contribution in [0.5, 0.6) is 0 Å². The monoisotopic (exact) mass is 795 g/mol. The van der Waals surface area contributed by atoms with Crippen molar-refractivity contribution in [2.75, 3.05) is 4.90 Å². The summed E-state index contributed by atoms with van der Waals surface area (Å²) >= 11 is 1.87. The Morgan fingerprint density at radius 3 is 1.62 bits per heavy atom. The molecule has 0 spiro atoms. The second-order valence-electron chi connectivity index (χ2n) is 15.7. The number of thiophene rings is 1. The molecular weight excluding hydrogens is 759 g/mol. The second kappa shape index (κ2) is 14.5. The molecule has 0 bridgehead atoms. The fourth-order valence-corrected chi connectivity index (χ4v) is 10.3. The van der Waals surface area contributed by atoms with Gasteiger partial charge in [-0.2, -0.15) is 0 Å². The van der Waals surface area contributed by atoms with Gasteiger partial charge in [0, 0.05) is 53.6 Å². The van der Waals surface area contributed by atoms with E-state index >= 15 is 0 Å². The Balaban J connectivity index is 0.997. The van der Waals surface area contributed by atoms with Crippen LogP contribution < -0.4 is 4.90 Å². The van der Waals surface area contributed by atoms with Gasteiger partial charge in [0.25, 0.3) is 0 Å². The van der Waals surface area contributed by atoms with Crippen LogP contribution in [0.3, 0.4) is 0 Å². The molecule has 12 aromatic rings. The van der Waals surface area contributed by atoms with Crippen molar-refractivity contribution in [3.8, 4) is 44.5 Å². The third-order valence-corrected chi connectivity index (χ3v) is 13.2. The normalized spacial score (nSPS) is 11.6. The van der Waals surface area contributed by atoms with Crippen molar-refractivity contribution >= 4 is 81.3 Å². The van der Waals surface area contributed by atoms with Gasteiger partial charge in [-0.25, -0.2) is 0 Å². The molecule has 0 radical (unpaired) electrons. The molecule has 12 rings (SSSR count). The molecule has 0 atom stereocenters. The van der Waals surface area contributed by atoms with E-state index in [2.05, 4.69) is 217 Å². The van der Waals surface area contributed by atoms with Gasteiger partial charge >= 0.3 is 0 Å². The van der Waals surface area contributed by atoms with E-state index in [0.29, 0.717) is 0 Å². The van der Waals surface area contributed by atoms with Crippen LogP contribution in [0.2, 0.25) is 0 Å². The number of furan rings is 1. The van der Waals surface area contributed by atoms with E-state index in [4.69, 9.17) is 4.42 Å². The Kier molecular flexibility index (Phi) is 8.39. The number of anilines is 3. The smallest absolute Gasteiger partial charge is 0.143 e. The first-order chi connectivity index (χ1) is 30.2. The predicted molar refractivity (Wildman–Crippen MR) is 261 cm³/mol. The molecule has 2 heterocycles. The Bertz CT molecular complexity index is 3630. The molecule has 61 heavy (non-hydrogen) atoms. The van der Waals surface area contributed by atoms with Gasteiger partial charge in [-0.3, -0.25) is 0 Å². The average Bonchev–Trinajstić information content (AvgIpc) is 3.91. The first-order valence-electron chi connectivity index (χ1n) is 20.7. The summed E-state index contributed by atoms with van der Waals surface area (Å²) < 4.78 is 9.18. The molecule has 0 unspecified atom stereocenters. The molecule has 2 aromatic heterocycles. The maximum atomic E-state index is 6.54. The summed E-state index contributed by atoms with van der Waals surface area (Å²) in [4.78, 5) is 2.39. The van der Waals surface area contributed by atoms with Gasteiger partial charge in [0.1, 0.15) is 11.2 Å². The van der Waals surface area contributed by atoms with Crippen molar-refractivity contribution in [2.45, 2.75) is 0 Å². The van der Waals surface area contributed by atoms with Gasteiger partial charge in [0.05, 0.1) is 0 Å². The molecule has 0 aliphatic heterocycles. The summed E-state index contributed by atoms with van der Waals surface area (Å²) in [6, 6.07) is 81.2. The van der Waals surface area contributed by atoms with Gasteiger partial charge < -0.3 is 9.32 Å². The number of hydrogen-bond acceptors (Lipinski definition) is 3.